The summed E-state index contributed by atoms with van der Waals surface area (Å²) in [6, 6.07) is -0.810. The molecule has 1 amide bonds. The number of carboxylic acids is 1. The Bertz CT molecular complexity index is 660. The molecule has 0 fully saturated rings. The topological polar surface area (TPSA) is 93.3 Å². The largest absolute Gasteiger partial charge is 0.480 e. The average Bonchev–Trinajstić information content (AvgIpc) is 3.06. The zero-order valence-electron chi connectivity index (χ0n) is 12.1. The maximum absolute atomic E-state index is 12.3. The smallest absolute Gasteiger partial charge is 0.328 e. The fourth-order valence-corrected chi connectivity index (χ4v) is 1.89. The van der Waals surface area contributed by atoms with Crippen molar-refractivity contribution in [3.8, 4) is 0 Å². The predicted octanol–water partition coefficient (Wildman–Crippen LogP) is 0.534. The number of aliphatic carboxylic acids is 1. The highest BCUT2D eigenvalue weighted by molar-refractivity contribution is 5.93. The van der Waals surface area contributed by atoms with Crippen molar-refractivity contribution in [2.75, 3.05) is 7.05 Å². The van der Waals surface area contributed by atoms with E-state index in [1.54, 1.807) is 17.9 Å². The van der Waals surface area contributed by atoms with Gasteiger partial charge in [-0.05, 0) is 6.92 Å². The minimum absolute atomic E-state index is 0.220. The molecule has 2 heterocycles. The lowest BCUT2D eigenvalue weighted by atomic mass is 10.2. The Labute approximate surface area is 121 Å². The van der Waals surface area contributed by atoms with Crippen LogP contribution in [0, 0.1) is 0 Å². The summed E-state index contributed by atoms with van der Waals surface area (Å²) in [5.41, 5.74) is 1.27. The zero-order valence-corrected chi connectivity index (χ0v) is 12.1. The van der Waals surface area contributed by atoms with E-state index < -0.39 is 12.0 Å². The van der Waals surface area contributed by atoms with Crippen molar-refractivity contribution < 1.29 is 14.7 Å². The number of aromatic nitrogens is 4. The highest BCUT2D eigenvalue weighted by Crippen LogP contribution is 2.10. The van der Waals surface area contributed by atoms with Gasteiger partial charge in [0, 0.05) is 38.6 Å². The summed E-state index contributed by atoms with van der Waals surface area (Å²) in [5, 5.41) is 16.9. The van der Waals surface area contributed by atoms with Crippen LogP contribution in [0.4, 0.5) is 0 Å². The third-order valence-corrected chi connectivity index (χ3v) is 3.13. The van der Waals surface area contributed by atoms with Gasteiger partial charge in [-0.3, -0.25) is 14.2 Å². The van der Waals surface area contributed by atoms with E-state index in [0.29, 0.717) is 12.1 Å². The standard InChI is InChI=1S/C13H17N5O3/c1-9(13(20)21)18-8-11(5-15-18)12(19)16(2)6-10-4-14-17(3)7-10/h4-5,7-9H,6H2,1-3H3,(H,20,21). The SMILES string of the molecule is CC(C(=O)O)n1cc(C(=O)N(C)Cc2cnn(C)c2)cn1. The minimum atomic E-state index is -0.999. The Kier molecular flexibility index (Phi) is 4.06. The molecule has 112 valence electrons. The second-order valence-electron chi connectivity index (χ2n) is 4.91. The highest BCUT2D eigenvalue weighted by atomic mass is 16.4. The first-order valence-electron chi connectivity index (χ1n) is 6.38. The maximum atomic E-state index is 12.3. The van der Waals surface area contributed by atoms with Crippen molar-refractivity contribution >= 4 is 11.9 Å². The number of amides is 1. The number of carboxylic acid groups (broad SMARTS) is 1. The molecular formula is C13H17N5O3. The van der Waals surface area contributed by atoms with Gasteiger partial charge in [0.15, 0.2) is 0 Å². The molecule has 0 aliphatic heterocycles. The van der Waals surface area contributed by atoms with Gasteiger partial charge in [0.25, 0.3) is 5.91 Å². The van der Waals surface area contributed by atoms with Gasteiger partial charge in [-0.15, -0.1) is 0 Å². The molecule has 0 aliphatic carbocycles. The zero-order chi connectivity index (χ0) is 15.6. The molecular weight excluding hydrogens is 274 g/mol. The molecule has 1 unspecified atom stereocenters. The summed E-state index contributed by atoms with van der Waals surface area (Å²) in [5.74, 6) is -1.22. The van der Waals surface area contributed by atoms with Gasteiger partial charge in [0.05, 0.1) is 18.0 Å². The van der Waals surface area contributed by atoms with Gasteiger partial charge >= 0.3 is 5.97 Å². The van der Waals surface area contributed by atoms with E-state index in [1.807, 2.05) is 13.2 Å². The van der Waals surface area contributed by atoms with E-state index in [1.165, 1.54) is 28.9 Å². The molecule has 0 spiro atoms. The second-order valence-corrected chi connectivity index (χ2v) is 4.91. The molecule has 8 heteroatoms. The molecule has 1 atom stereocenters. The van der Waals surface area contributed by atoms with Crippen LogP contribution in [0.25, 0.3) is 0 Å². The van der Waals surface area contributed by atoms with Crippen molar-refractivity contribution in [3.63, 3.8) is 0 Å². The first-order valence-corrected chi connectivity index (χ1v) is 6.38. The van der Waals surface area contributed by atoms with Crippen LogP contribution in [-0.4, -0.2) is 48.5 Å². The summed E-state index contributed by atoms with van der Waals surface area (Å²) >= 11 is 0. The van der Waals surface area contributed by atoms with Crippen molar-refractivity contribution in [3.05, 3.63) is 35.9 Å². The highest BCUT2D eigenvalue weighted by Gasteiger charge is 2.19. The van der Waals surface area contributed by atoms with Gasteiger partial charge in [0.1, 0.15) is 6.04 Å². The number of rotatable bonds is 5. The van der Waals surface area contributed by atoms with Crippen LogP contribution in [0.3, 0.4) is 0 Å². The van der Waals surface area contributed by atoms with Gasteiger partial charge in [-0.2, -0.15) is 10.2 Å². The van der Waals surface area contributed by atoms with Crippen LogP contribution in [0.1, 0.15) is 28.9 Å². The van der Waals surface area contributed by atoms with Crippen LogP contribution in [-0.2, 0) is 18.4 Å². The lowest BCUT2D eigenvalue weighted by Gasteiger charge is -2.15. The molecule has 0 saturated carbocycles. The van der Waals surface area contributed by atoms with E-state index in [-0.39, 0.29) is 5.91 Å². The number of carbonyl (C=O) groups is 2. The Morgan fingerprint density at radius 3 is 2.62 bits per heavy atom. The molecule has 2 aromatic rings. The van der Waals surface area contributed by atoms with Gasteiger partial charge in [-0.1, -0.05) is 0 Å². The molecule has 1 N–H and O–H groups in total. The molecule has 21 heavy (non-hydrogen) atoms. The van der Waals surface area contributed by atoms with Crippen molar-refractivity contribution in [1.29, 1.82) is 0 Å². The van der Waals surface area contributed by atoms with E-state index in [0.717, 1.165) is 5.56 Å². The Morgan fingerprint density at radius 2 is 2.05 bits per heavy atom. The summed E-state index contributed by atoms with van der Waals surface area (Å²) in [6.45, 7) is 1.93. The number of nitrogens with zero attached hydrogens (tertiary/aromatic N) is 5. The molecule has 2 aromatic heterocycles. The van der Waals surface area contributed by atoms with Crippen LogP contribution >= 0.6 is 0 Å². The molecule has 2 rings (SSSR count). The summed E-state index contributed by atoms with van der Waals surface area (Å²) in [6.07, 6.45) is 6.35. The number of aryl methyl sites for hydroxylation is 1. The minimum Gasteiger partial charge on any atom is -0.480 e. The van der Waals surface area contributed by atoms with E-state index in [9.17, 15) is 9.59 Å². The van der Waals surface area contributed by atoms with Crippen LogP contribution in [0.2, 0.25) is 0 Å². The normalized spacial score (nSPS) is 12.1. The van der Waals surface area contributed by atoms with Gasteiger partial charge in [0.2, 0.25) is 0 Å². The summed E-state index contributed by atoms with van der Waals surface area (Å²) < 4.78 is 2.92. The maximum Gasteiger partial charge on any atom is 0.328 e. The fraction of sp³-hybridized carbons (Fsp3) is 0.385. The lowest BCUT2D eigenvalue weighted by molar-refractivity contribution is -0.140. The Hall–Kier alpha value is -2.64. The van der Waals surface area contributed by atoms with Gasteiger partial charge < -0.3 is 10.0 Å². The first-order chi connectivity index (χ1) is 9.88. The van der Waals surface area contributed by atoms with Crippen LogP contribution in [0.15, 0.2) is 24.8 Å². The quantitative estimate of drug-likeness (QED) is 0.867. The van der Waals surface area contributed by atoms with E-state index >= 15 is 0 Å². The van der Waals surface area contributed by atoms with Crippen molar-refractivity contribution in [1.82, 2.24) is 24.5 Å². The number of hydrogen-bond acceptors (Lipinski definition) is 4. The second kappa shape index (κ2) is 5.78. The van der Waals surface area contributed by atoms with Gasteiger partial charge in [-0.25, -0.2) is 4.79 Å². The molecule has 0 saturated heterocycles. The number of hydrogen-bond donors (Lipinski definition) is 1. The van der Waals surface area contributed by atoms with E-state index in [4.69, 9.17) is 5.11 Å². The number of carbonyl (C=O) groups excluding carboxylic acids is 1. The average molecular weight is 291 g/mol. The lowest BCUT2D eigenvalue weighted by Crippen LogP contribution is -2.25. The monoisotopic (exact) mass is 291 g/mol. The van der Waals surface area contributed by atoms with E-state index in [2.05, 4.69) is 10.2 Å². The predicted molar refractivity (Wildman–Crippen MR) is 73.6 cm³/mol. The third kappa shape index (κ3) is 3.28. The molecule has 0 aromatic carbocycles. The van der Waals surface area contributed by atoms with Crippen molar-refractivity contribution in [2.45, 2.75) is 19.5 Å². The van der Waals surface area contributed by atoms with Crippen LogP contribution < -0.4 is 0 Å². The molecule has 8 nitrogen and oxygen atoms in total. The summed E-state index contributed by atoms with van der Waals surface area (Å²) in [7, 11) is 3.48. The fourth-order valence-electron chi connectivity index (χ4n) is 1.89. The Balaban J connectivity index is 2.07. The molecule has 0 radical (unpaired) electrons. The van der Waals surface area contributed by atoms with Crippen molar-refractivity contribution in [2.24, 2.45) is 7.05 Å². The molecule has 0 bridgehead atoms. The molecule has 0 aliphatic rings. The summed E-state index contributed by atoms with van der Waals surface area (Å²) in [4.78, 5) is 24.7. The first kappa shape index (κ1) is 14.8. The Morgan fingerprint density at radius 1 is 1.33 bits per heavy atom. The van der Waals surface area contributed by atoms with Crippen LogP contribution in [0.5, 0.6) is 0 Å². The third-order valence-electron chi connectivity index (χ3n) is 3.13.